The summed E-state index contributed by atoms with van der Waals surface area (Å²) < 4.78 is 28.4. The van der Waals surface area contributed by atoms with Gasteiger partial charge in [0.15, 0.2) is 0 Å². The summed E-state index contributed by atoms with van der Waals surface area (Å²) in [5, 5.41) is 10.7. The number of aliphatic hydroxyl groups is 1. The Morgan fingerprint density at radius 1 is 1.17 bits per heavy atom. The molecule has 0 radical (unpaired) electrons. The number of ether oxygens (including phenoxy) is 5. The van der Waals surface area contributed by atoms with Crippen LogP contribution in [0.25, 0.3) is 0 Å². The molecule has 0 saturated carbocycles. The number of rotatable bonds is 11. The molecule has 6 heteroatoms. The van der Waals surface area contributed by atoms with Crippen molar-refractivity contribution in [2.24, 2.45) is 11.8 Å². The summed E-state index contributed by atoms with van der Waals surface area (Å²) in [4.78, 5) is 0. The molecule has 2 fully saturated rings. The molecule has 29 heavy (non-hydrogen) atoms. The molecular formula is C23H40O6. The zero-order chi connectivity index (χ0) is 21.6. The van der Waals surface area contributed by atoms with Gasteiger partial charge in [0, 0.05) is 33.2 Å². The van der Waals surface area contributed by atoms with Crippen molar-refractivity contribution < 1.29 is 28.8 Å². The van der Waals surface area contributed by atoms with E-state index in [4.69, 9.17) is 23.7 Å². The third-order valence-electron chi connectivity index (χ3n) is 6.41. The normalized spacial score (nSPS) is 34.8. The molecule has 0 aromatic rings. The average Bonchev–Trinajstić information content (AvgIpc) is 3.53. The minimum atomic E-state index is -0.530. The Kier molecular flexibility index (Phi) is 9.79. The Morgan fingerprint density at radius 2 is 1.90 bits per heavy atom. The number of aliphatic hydroxyl groups excluding tert-OH is 1. The van der Waals surface area contributed by atoms with Crippen LogP contribution in [0.15, 0.2) is 23.8 Å². The highest BCUT2D eigenvalue weighted by Gasteiger charge is 2.50. The molecule has 2 heterocycles. The molecule has 2 aliphatic heterocycles. The number of allylic oxidation sites excluding steroid dienone is 2. The van der Waals surface area contributed by atoms with E-state index >= 15 is 0 Å². The lowest BCUT2D eigenvalue weighted by Crippen LogP contribution is -2.47. The summed E-state index contributed by atoms with van der Waals surface area (Å²) in [6.07, 6.45) is 7.18. The van der Waals surface area contributed by atoms with Crippen molar-refractivity contribution in [3.63, 3.8) is 0 Å². The largest absolute Gasteiger partial charge is 0.390 e. The number of hydrogen-bond acceptors (Lipinski definition) is 6. The third kappa shape index (κ3) is 6.12. The monoisotopic (exact) mass is 412 g/mol. The van der Waals surface area contributed by atoms with E-state index in [1.807, 2.05) is 32.1 Å². The molecule has 0 aromatic heterocycles. The molecule has 0 amide bonds. The quantitative estimate of drug-likeness (QED) is 0.415. The zero-order valence-corrected chi connectivity index (χ0v) is 19.0. The SMILES string of the molecule is CC[C@H](OC)[C@@H](C)[C@H]1O[C@@H]1[C@H](O)[C@@H](C)/C=C/C=C(\C)[C@@H]1OCC[C@@H](OC)[C@@H]1OC. The lowest BCUT2D eigenvalue weighted by molar-refractivity contribution is -0.145. The second-order valence-electron chi connectivity index (χ2n) is 8.31. The van der Waals surface area contributed by atoms with E-state index in [1.54, 1.807) is 21.3 Å². The maximum Gasteiger partial charge on any atom is 0.113 e. The molecule has 168 valence electrons. The first kappa shape index (κ1) is 24.5. The van der Waals surface area contributed by atoms with Crippen LogP contribution in [0, 0.1) is 11.8 Å². The lowest BCUT2D eigenvalue weighted by atomic mass is 9.91. The Bertz CT molecular complexity index is 543. The number of epoxide rings is 1. The van der Waals surface area contributed by atoms with Gasteiger partial charge >= 0.3 is 0 Å². The van der Waals surface area contributed by atoms with Crippen LogP contribution >= 0.6 is 0 Å². The summed E-state index contributed by atoms with van der Waals surface area (Å²) in [5.41, 5.74) is 1.08. The van der Waals surface area contributed by atoms with Gasteiger partial charge in [-0.1, -0.05) is 39.0 Å². The zero-order valence-electron chi connectivity index (χ0n) is 19.0. The third-order valence-corrected chi connectivity index (χ3v) is 6.41. The van der Waals surface area contributed by atoms with Gasteiger partial charge in [-0.2, -0.15) is 0 Å². The molecule has 6 nitrogen and oxygen atoms in total. The van der Waals surface area contributed by atoms with Crippen LogP contribution in [-0.4, -0.2) is 75.8 Å². The van der Waals surface area contributed by atoms with E-state index in [9.17, 15) is 5.11 Å². The van der Waals surface area contributed by atoms with Crippen LogP contribution in [0.2, 0.25) is 0 Å². The molecule has 0 bridgehead atoms. The summed E-state index contributed by atoms with van der Waals surface area (Å²) >= 11 is 0. The molecule has 0 unspecified atom stereocenters. The summed E-state index contributed by atoms with van der Waals surface area (Å²) in [5.74, 6) is 0.257. The van der Waals surface area contributed by atoms with Crippen LogP contribution in [0.4, 0.5) is 0 Å². The standard InChI is InChI=1S/C23H40O6/c1-8-17(25-5)16(4)21-23(29-21)19(24)14(2)10-9-11-15(3)20-22(27-7)18(26-6)12-13-28-20/h9-11,14,16-24H,8,12-13H2,1-7H3/b10-9+,15-11+/t14-,16+,17-,18+,19+,20-,21+,22-,23+/m0/s1. The molecule has 0 spiro atoms. The van der Waals surface area contributed by atoms with Crippen molar-refractivity contribution >= 4 is 0 Å². The van der Waals surface area contributed by atoms with Crippen LogP contribution < -0.4 is 0 Å². The summed E-state index contributed by atoms with van der Waals surface area (Å²) in [6, 6.07) is 0. The van der Waals surface area contributed by atoms with Gasteiger partial charge in [0.1, 0.15) is 18.3 Å². The highest BCUT2D eigenvalue weighted by atomic mass is 16.6. The van der Waals surface area contributed by atoms with E-state index in [-0.39, 0.29) is 48.5 Å². The Morgan fingerprint density at radius 3 is 2.48 bits per heavy atom. The molecule has 2 saturated heterocycles. The maximum atomic E-state index is 10.7. The van der Waals surface area contributed by atoms with Crippen molar-refractivity contribution in [1.29, 1.82) is 0 Å². The molecule has 0 aromatic carbocycles. The van der Waals surface area contributed by atoms with Crippen molar-refractivity contribution in [2.75, 3.05) is 27.9 Å². The molecule has 0 aliphatic carbocycles. The van der Waals surface area contributed by atoms with Gasteiger partial charge < -0.3 is 28.8 Å². The maximum absolute atomic E-state index is 10.7. The second kappa shape index (κ2) is 11.6. The second-order valence-corrected chi connectivity index (χ2v) is 8.31. The predicted molar refractivity (Wildman–Crippen MR) is 113 cm³/mol. The first-order chi connectivity index (χ1) is 13.9. The van der Waals surface area contributed by atoms with Crippen molar-refractivity contribution in [3.8, 4) is 0 Å². The fourth-order valence-corrected chi connectivity index (χ4v) is 4.37. The first-order valence-electron chi connectivity index (χ1n) is 10.8. The van der Waals surface area contributed by atoms with Gasteiger partial charge in [-0.15, -0.1) is 0 Å². The van der Waals surface area contributed by atoms with Gasteiger partial charge in [0.2, 0.25) is 0 Å². The van der Waals surface area contributed by atoms with Crippen LogP contribution in [0.3, 0.4) is 0 Å². The summed E-state index contributed by atoms with van der Waals surface area (Å²) in [6.45, 7) is 8.95. The number of methoxy groups -OCH3 is 3. The fraction of sp³-hybridized carbons (Fsp3) is 0.826. The smallest absolute Gasteiger partial charge is 0.113 e. The lowest BCUT2D eigenvalue weighted by Gasteiger charge is -2.36. The Balaban J connectivity index is 1.90. The van der Waals surface area contributed by atoms with Gasteiger partial charge in [0.05, 0.1) is 31.0 Å². The highest BCUT2D eigenvalue weighted by Crippen LogP contribution is 2.37. The minimum absolute atomic E-state index is 0.0129. The van der Waals surface area contributed by atoms with Crippen molar-refractivity contribution in [2.45, 2.75) is 83.3 Å². The van der Waals surface area contributed by atoms with Crippen molar-refractivity contribution in [1.82, 2.24) is 0 Å². The average molecular weight is 413 g/mol. The van der Waals surface area contributed by atoms with Crippen LogP contribution in [-0.2, 0) is 23.7 Å². The van der Waals surface area contributed by atoms with Crippen LogP contribution in [0.5, 0.6) is 0 Å². The van der Waals surface area contributed by atoms with E-state index in [1.165, 1.54) is 0 Å². The summed E-state index contributed by atoms with van der Waals surface area (Å²) in [7, 11) is 5.14. The molecule has 9 atom stereocenters. The molecule has 1 N–H and O–H groups in total. The topological polar surface area (TPSA) is 69.7 Å². The Hall–Kier alpha value is -0.760. The number of hydrogen-bond donors (Lipinski definition) is 1. The van der Waals surface area contributed by atoms with E-state index in [0.717, 1.165) is 18.4 Å². The van der Waals surface area contributed by atoms with Crippen LogP contribution in [0.1, 0.15) is 40.5 Å². The fourth-order valence-electron chi connectivity index (χ4n) is 4.37. The van der Waals surface area contributed by atoms with E-state index < -0.39 is 6.10 Å². The minimum Gasteiger partial charge on any atom is -0.390 e. The highest BCUT2D eigenvalue weighted by molar-refractivity contribution is 5.18. The van der Waals surface area contributed by atoms with Gasteiger partial charge in [-0.25, -0.2) is 0 Å². The molecular weight excluding hydrogens is 372 g/mol. The predicted octanol–water partition coefficient (Wildman–Crippen LogP) is 3.13. The van der Waals surface area contributed by atoms with Gasteiger partial charge in [0.25, 0.3) is 0 Å². The molecule has 2 rings (SSSR count). The van der Waals surface area contributed by atoms with E-state index in [0.29, 0.717) is 6.61 Å². The van der Waals surface area contributed by atoms with Crippen molar-refractivity contribution in [3.05, 3.63) is 23.8 Å². The van der Waals surface area contributed by atoms with E-state index in [2.05, 4.69) is 13.8 Å². The molecule has 2 aliphatic rings. The van der Waals surface area contributed by atoms with Gasteiger partial charge in [-0.05, 0) is 25.3 Å². The Labute approximate surface area is 176 Å². The first-order valence-corrected chi connectivity index (χ1v) is 10.8. The van der Waals surface area contributed by atoms with Gasteiger partial charge in [-0.3, -0.25) is 0 Å².